The Morgan fingerprint density at radius 1 is 1.04 bits per heavy atom. The number of rotatable bonds is 4. The summed E-state index contributed by atoms with van der Waals surface area (Å²) in [5.74, 6) is -0.1000. The lowest BCUT2D eigenvalue weighted by Crippen LogP contribution is -2.46. The highest BCUT2D eigenvalue weighted by atomic mass is 35.5. The molecule has 1 aliphatic heterocycles. The Morgan fingerprint density at radius 2 is 1.76 bits per heavy atom. The second-order valence-electron chi connectivity index (χ2n) is 6.20. The normalized spacial score (nSPS) is 15.2. The van der Waals surface area contributed by atoms with Crippen LogP contribution in [0.15, 0.2) is 42.5 Å². The van der Waals surface area contributed by atoms with Crippen LogP contribution in [-0.2, 0) is 11.3 Å². The Labute approximate surface area is 158 Å². The fraction of sp³-hybridized carbons (Fsp3) is 0.316. The minimum absolute atomic E-state index is 0.1000. The molecule has 0 unspecified atom stereocenters. The zero-order chi connectivity index (χ0) is 17.8. The van der Waals surface area contributed by atoms with Crippen LogP contribution in [0.3, 0.4) is 0 Å². The van der Waals surface area contributed by atoms with E-state index in [0.717, 1.165) is 54.7 Å². The van der Waals surface area contributed by atoms with Crippen LogP contribution in [0.4, 0.5) is 11.4 Å². The van der Waals surface area contributed by atoms with Gasteiger partial charge in [-0.15, -0.1) is 0 Å². The third-order valence-electron chi connectivity index (χ3n) is 4.33. The zero-order valence-electron chi connectivity index (χ0n) is 14.1. The molecule has 4 nitrogen and oxygen atoms in total. The van der Waals surface area contributed by atoms with Crippen molar-refractivity contribution in [1.82, 2.24) is 4.90 Å². The molecule has 0 aliphatic carbocycles. The first-order chi connectivity index (χ1) is 12.0. The molecule has 0 aromatic heterocycles. The Morgan fingerprint density at radius 3 is 2.40 bits per heavy atom. The molecule has 25 heavy (non-hydrogen) atoms. The van der Waals surface area contributed by atoms with E-state index >= 15 is 0 Å². The summed E-state index contributed by atoms with van der Waals surface area (Å²) in [5, 5.41) is 4.23. The molecule has 1 saturated heterocycles. The van der Waals surface area contributed by atoms with E-state index in [1.54, 1.807) is 6.07 Å². The number of hydrogen-bond acceptors (Lipinski definition) is 3. The van der Waals surface area contributed by atoms with Gasteiger partial charge in [-0.3, -0.25) is 9.69 Å². The van der Waals surface area contributed by atoms with Gasteiger partial charge in [-0.2, -0.15) is 0 Å². The molecule has 0 saturated carbocycles. The molecule has 6 heteroatoms. The number of anilines is 2. The summed E-state index contributed by atoms with van der Waals surface area (Å²) in [6.07, 6.45) is 0. The van der Waals surface area contributed by atoms with Crippen LogP contribution in [0.5, 0.6) is 0 Å². The van der Waals surface area contributed by atoms with Crippen molar-refractivity contribution in [3.05, 3.63) is 58.1 Å². The smallest absolute Gasteiger partial charge is 0.221 e. The molecule has 1 N–H and O–H groups in total. The Bertz CT molecular complexity index is 758. The second kappa shape index (κ2) is 8.09. The molecule has 2 aromatic carbocycles. The maximum Gasteiger partial charge on any atom is 0.221 e. The van der Waals surface area contributed by atoms with Crippen LogP contribution < -0.4 is 10.2 Å². The van der Waals surface area contributed by atoms with Crippen molar-refractivity contribution in [2.45, 2.75) is 13.5 Å². The molecule has 3 rings (SSSR count). The van der Waals surface area contributed by atoms with Gasteiger partial charge in [-0.1, -0.05) is 41.4 Å². The van der Waals surface area contributed by atoms with Crippen molar-refractivity contribution in [3.63, 3.8) is 0 Å². The Balaban J connectivity index is 1.60. The number of halogens is 2. The molecule has 132 valence electrons. The average molecular weight is 378 g/mol. The fourth-order valence-electron chi connectivity index (χ4n) is 3.06. The SMILES string of the molecule is CC(=O)Nc1ccc(N2CCN(Cc3ccccc3Cl)CC2)c(Cl)c1. The van der Waals surface area contributed by atoms with Gasteiger partial charge in [0.2, 0.25) is 5.91 Å². The number of piperazine rings is 1. The summed E-state index contributed by atoms with van der Waals surface area (Å²) in [7, 11) is 0. The first-order valence-electron chi connectivity index (χ1n) is 8.31. The van der Waals surface area contributed by atoms with Crippen molar-refractivity contribution >= 4 is 40.5 Å². The number of amides is 1. The summed E-state index contributed by atoms with van der Waals surface area (Å²) in [6.45, 7) is 6.07. The fourth-order valence-corrected chi connectivity index (χ4v) is 3.55. The van der Waals surface area contributed by atoms with Gasteiger partial charge in [0, 0.05) is 50.4 Å². The molecule has 0 radical (unpaired) electrons. The number of nitrogens with one attached hydrogen (secondary N) is 1. The summed E-state index contributed by atoms with van der Waals surface area (Å²) < 4.78 is 0. The van der Waals surface area contributed by atoms with E-state index in [9.17, 15) is 4.79 Å². The van der Waals surface area contributed by atoms with Crippen LogP contribution in [0, 0.1) is 0 Å². The standard InChI is InChI=1S/C19H21Cl2N3O/c1-14(25)22-16-6-7-19(18(21)12-16)24-10-8-23(9-11-24)13-15-4-2-3-5-17(15)20/h2-7,12H,8-11,13H2,1H3,(H,22,25). The highest BCUT2D eigenvalue weighted by Crippen LogP contribution is 2.30. The molecule has 0 spiro atoms. The van der Waals surface area contributed by atoms with Crippen LogP contribution >= 0.6 is 23.2 Å². The second-order valence-corrected chi connectivity index (χ2v) is 7.02. The third kappa shape index (κ3) is 4.66. The van der Waals surface area contributed by atoms with Crippen molar-refractivity contribution in [2.75, 3.05) is 36.4 Å². The van der Waals surface area contributed by atoms with E-state index in [0.29, 0.717) is 5.02 Å². The van der Waals surface area contributed by atoms with Gasteiger partial charge >= 0.3 is 0 Å². The van der Waals surface area contributed by atoms with Crippen LogP contribution in [-0.4, -0.2) is 37.0 Å². The molecule has 1 fully saturated rings. The van der Waals surface area contributed by atoms with Crippen LogP contribution in [0.2, 0.25) is 10.0 Å². The molecular weight excluding hydrogens is 357 g/mol. The molecule has 0 atom stereocenters. The van der Waals surface area contributed by atoms with E-state index in [1.807, 2.05) is 30.3 Å². The van der Waals surface area contributed by atoms with Crippen molar-refractivity contribution in [1.29, 1.82) is 0 Å². The first-order valence-corrected chi connectivity index (χ1v) is 9.06. The van der Waals surface area contributed by atoms with E-state index in [2.05, 4.69) is 21.2 Å². The number of carbonyl (C=O) groups is 1. The third-order valence-corrected chi connectivity index (χ3v) is 5.00. The number of hydrogen-bond donors (Lipinski definition) is 1. The van der Waals surface area contributed by atoms with Crippen molar-refractivity contribution < 1.29 is 4.79 Å². The quantitative estimate of drug-likeness (QED) is 0.863. The van der Waals surface area contributed by atoms with Gasteiger partial charge in [0.1, 0.15) is 0 Å². The number of carbonyl (C=O) groups excluding carboxylic acids is 1. The molecular formula is C19H21Cl2N3O. The van der Waals surface area contributed by atoms with Gasteiger partial charge in [-0.05, 0) is 29.8 Å². The number of nitrogens with zero attached hydrogens (tertiary/aromatic N) is 2. The van der Waals surface area contributed by atoms with Gasteiger partial charge in [0.25, 0.3) is 0 Å². The lowest BCUT2D eigenvalue weighted by atomic mass is 10.2. The van der Waals surface area contributed by atoms with Gasteiger partial charge in [0.15, 0.2) is 0 Å². The van der Waals surface area contributed by atoms with Gasteiger partial charge in [-0.25, -0.2) is 0 Å². The predicted octanol–water partition coefficient (Wildman–Crippen LogP) is 4.27. The molecule has 1 heterocycles. The lowest BCUT2D eigenvalue weighted by molar-refractivity contribution is -0.114. The summed E-state index contributed by atoms with van der Waals surface area (Å²) in [4.78, 5) is 15.8. The largest absolute Gasteiger partial charge is 0.368 e. The topological polar surface area (TPSA) is 35.6 Å². The Kier molecular flexibility index (Phi) is 5.84. The zero-order valence-corrected chi connectivity index (χ0v) is 15.6. The van der Waals surface area contributed by atoms with Gasteiger partial charge < -0.3 is 10.2 Å². The molecule has 1 aliphatic rings. The minimum Gasteiger partial charge on any atom is -0.368 e. The molecule has 0 bridgehead atoms. The summed E-state index contributed by atoms with van der Waals surface area (Å²) >= 11 is 12.7. The molecule has 2 aromatic rings. The minimum atomic E-state index is -0.1000. The maximum absolute atomic E-state index is 11.1. The molecule has 1 amide bonds. The van der Waals surface area contributed by atoms with E-state index in [4.69, 9.17) is 23.2 Å². The summed E-state index contributed by atoms with van der Waals surface area (Å²) in [5.41, 5.74) is 2.89. The van der Waals surface area contributed by atoms with E-state index in [-0.39, 0.29) is 5.91 Å². The monoisotopic (exact) mass is 377 g/mol. The predicted molar refractivity (Wildman–Crippen MR) is 105 cm³/mol. The van der Waals surface area contributed by atoms with Gasteiger partial charge in [0.05, 0.1) is 10.7 Å². The van der Waals surface area contributed by atoms with Crippen LogP contribution in [0.1, 0.15) is 12.5 Å². The van der Waals surface area contributed by atoms with E-state index in [1.165, 1.54) is 6.92 Å². The maximum atomic E-state index is 11.1. The summed E-state index contributed by atoms with van der Waals surface area (Å²) in [6, 6.07) is 13.6. The van der Waals surface area contributed by atoms with E-state index < -0.39 is 0 Å². The number of benzene rings is 2. The van der Waals surface area contributed by atoms with Crippen molar-refractivity contribution in [3.8, 4) is 0 Å². The first kappa shape index (κ1) is 18.1. The highest BCUT2D eigenvalue weighted by molar-refractivity contribution is 6.33. The highest BCUT2D eigenvalue weighted by Gasteiger charge is 2.19. The lowest BCUT2D eigenvalue weighted by Gasteiger charge is -2.36. The Hall–Kier alpha value is -1.75. The van der Waals surface area contributed by atoms with Crippen LogP contribution in [0.25, 0.3) is 0 Å². The average Bonchev–Trinajstić information content (AvgIpc) is 2.57. The van der Waals surface area contributed by atoms with Crippen molar-refractivity contribution in [2.24, 2.45) is 0 Å².